The standard InChI is InChI=1S/C12H15NO7/c14-5-12(6-15,7-16)8-20-11(17)9-1-3-10(4-2-9)13(18)19/h1-4,14-16H,5-8H2. The second-order valence-electron chi connectivity index (χ2n) is 4.35. The van der Waals surface area contributed by atoms with Crippen LogP contribution in [0.1, 0.15) is 10.4 Å². The Kier molecular flexibility index (Phi) is 5.56. The number of benzene rings is 1. The summed E-state index contributed by atoms with van der Waals surface area (Å²) in [5.41, 5.74) is -1.37. The van der Waals surface area contributed by atoms with Crippen molar-refractivity contribution in [2.24, 2.45) is 5.41 Å². The van der Waals surface area contributed by atoms with Crippen LogP contribution in [-0.4, -0.2) is 52.6 Å². The lowest BCUT2D eigenvalue weighted by Gasteiger charge is -2.26. The number of non-ortho nitro benzene ring substituents is 1. The van der Waals surface area contributed by atoms with E-state index in [-0.39, 0.29) is 17.9 Å². The molecular weight excluding hydrogens is 270 g/mol. The van der Waals surface area contributed by atoms with Crippen LogP contribution >= 0.6 is 0 Å². The molecular formula is C12H15NO7. The Morgan fingerprint density at radius 3 is 2.05 bits per heavy atom. The molecule has 0 bridgehead atoms. The second kappa shape index (κ2) is 6.94. The molecule has 0 aliphatic carbocycles. The van der Waals surface area contributed by atoms with E-state index in [0.29, 0.717) is 0 Å². The van der Waals surface area contributed by atoms with Gasteiger partial charge in [0.05, 0.1) is 35.7 Å². The second-order valence-corrected chi connectivity index (χ2v) is 4.35. The number of carbonyl (C=O) groups is 1. The number of carbonyl (C=O) groups excluding carboxylic acids is 1. The first kappa shape index (κ1) is 16.0. The quantitative estimate of drug-likeness (QED) is 0.356. The number of hydrogen-bond acceptors (Lipinski definition) is 7. The molecule has 0 fully saturated rings. The number of nitro benzene ring substituents is 1. The van der Waals surface area contributed by atoms with Gasteiger partial charge in [-0.3, -0.25) is 10.1 Å². The van der Waals surface area contributed by atoms with Crippen molar-refractivity contribution in [1.29, 1.82) is 0 Å². The lowest BCUT2D eigenvalue weighted by Crippen LogP contribution is -2.39. The number of aliphatic hydroxyl groups is 3. The van der Waals surface area contributed by atoms with Crippen molar-refractivity contribution >= 4 is 11.7 Å². The lowest BCUT2D eigenvalue weighted by molar-refractivity contribution is -0.384. The van der Waals surface area contributed by atoms with Crippen molar-refractivity contribution in [2.75, 3.05) is 26.4 Å². The van der Waals surface area contributed by atoms with E-state index in [1.54, 1.807) is 0 Å². The number of aliphatic hydroxyl groups excluding tert-OH is 3. The average molecular weight is 285 g/mol. The van der Waals surface area contributed by atoms with Crippen LogP contribution in [0, 0.1) is 15.5 Å². The van der Waals surface area contributed by atoms with Gasteiger partial charge < -0.3 is 20.1 Å². The van der Waals surface area contributed by atoms with Crippen LogP contribution in [0.5, 0.6) is 0 Å². The Labute approximate surface area is 114 Å². The fourth-order valence-electron chi connectivity index (χ4n) is 1.31. The summed E-state index contributed by atoms with van der Waals surface area (Å²) in [5, 5.41) is 37.7. The van der Waals surface area contributed by atoms with Crippen molar-refractivity contribution < 1.29 is 29.8 Å². The maximum Gasteiger partial charge on any atom is 0.338 e. The van der Waals surface area contributed by atoms with E-state index in [9.17, 15) is 14.9 Å². The first-order valence-corrected chi connectivity index (χ1v) is 5.72. The maximum absolute atomic E-state index is 11.7. The van der Waals surface area contributed by atoms with Crippen LogP contribution in [0.2, 0.25) is 0 Å². The van der Waals surface area contributed by atoms with Crippen molar-refractivity contribution in [3.8, 4) is 0 Å². The minimum atomic E-state index is -1.31. The summed E-state index contributed by atoms with van der Waals surface area (Å²) in [7, 11) is 0. The smallest absolute Gasteiger partial charge is 0.338 e. The summed E-state index contributed by atoms with van der Waals surface area (Å²) in [5.74, 6) is -0.764. The molecule has 0 spiro atoms. The van der Waals surface area contributed by atoms with Gasteiger partial charge in [-0.1, -0.05) is 0 Å². The molecule has 1 aromatic rings. The first-order chi connectivity index (χ1) is 9.48. The molecule has 3 N–H and O–H groups in total. The van der Waals surface area contributed by atoms with Crippen LogP contribution in [0.3, 0.4) is 0 Å². The zero-order chi connectivity index (χ0) is 15.2. The Morgan fingerprint density at radius 1 is 1.15 bits per heavy atom. The molecule has 0 saturated carbocycles. The number of esters is 1. The molecule has 0 saturated heterocycles. The monoisotopic (exact) mass is 285 g/mol. The molecule has 20 heavy (non-hydrogen) atoms. The minimum Gasteiger partial charge on any atom is -0.461 e. The maximum atomic E-state index is 11.7. The third-order valence-electron chi connectivity index (χ3n) is 2.83. The summed E-state index contributed by atoms with van der Waals surface area (Å²) in [6.45, 7) is -2.01. The molecule has 110 valence electrons. The van der Waals surface area contributed by atoms with Gasteiger partial charge >= 0.3 is 5.97 Å². The van der Waals surface area contributed by atoms with Gasteiger partial charge in [-0.2, -0.15) is 0 Å². The van der Waals surface area contributed by atoms with E-state index in [4.69, 9.17) is 20.1 Å². The number of hydrogen-bond donors (Lipinski definition) is 3. The fourth-order valence-corrected chi connectivity index (χ4v) is 1.31. The highest BCUT2D eigenvalue weighted by Crippen LogP contribution is 2.17. The number of ether oxygens (including phenoxy) is 1. The highest BCUT2D eigenvalue weighted by atomic mass is 16.6. The molecule has 1 aromatic carbocycles. The molecule has 8 nitrogen and oxygen atoms in total. The van der Waals surface area contributed by atoms with Gasteiger partial charge in [0, 0.05) is 12.1 Å². The van der Waals surface area contributed by atoms with Gasteiger partial charge in [0.2, 0.25) is 0 Å². The summed E-state index contributed by atoms with van der Waals surface area (Å²) < 4.78 is 4.88. The summed E-state index contributed by atoms with van der Waals surface area (Å²) >= 11 is 0. The zero-order valence-electron chi connectivity index (χ0n) is 10.6. The van der Waals surface area contributed by atoms with E-state index in [1.165, 1.54) is 12.1 Å². The van der Waals surface area contributed by atoms with E-state index < -0.39 is 36.1 Å². The van der Waals surface area contributed by atoms with Crippen molar-refractivity contribution in [3.63, 3.8) is 0 Å². The number of nitro groups is 1. The SMILES string of the molecule is O=C(OCC(CO)(CO)CO)c1ccc([N+](=O)[O-])cc1. The predicted molar refractivity (Wildman–Crippen MR) is 67.1 cm³/mol. The van der Waals surface area contributed by atoms with Crippen molar-refractivity contribution in [1.82, 2.24) is 0 Å². The number of rotatable bonds is 7. The van der Waals surface area contributed by atoms with Gasteiger partial charge in [0.1, 0.15) is 6.61 Å². The molecule has 0 aromatic heterocycles. The molecule has 0 amide bonds. The molecule has 0 heterocycles. The van der Waals surface area contributed by atoms with Crippen molar-refractivity contribution in [2.45, 2.75) is 0 Å². The molecule has 0 radical (unpaired) electrons. The van der Waals surface area contributed by atoms with Crippen LogP contribution in [0.15, 0.2) is 24.3 Å². The van der Waals surface area contributed by atoms with E-state index in [0.717, 1.165) is 12.1 Å². The Hall–Kier alpha value is -2.03. The summed E-state index contributed by atoms with van der Waals surface area (Å²) in [6, 6.07) is 4.79. The molecule has 0 unspecified atom stereocenters. The molecule has 0 atom stereocenters. The lowest BCUT2D eigenvalue weighted by atomic mass is 9.93. The Bertz CT molecular complexity index is 459. The summed E-state index contributed by atoms with van der Waals surface area (Å²) in [6.07, 6.45) is 0. The average Bonchev–Trinajstić information content (AvgIpc) is 2.49. The van der Waals surface area contributed by atoms with Gasteiger partial charge in [0.25, 0.3) is 5.69 Å². The molecule has 1 rings (SSSR count). The minimum absolute atomic E-state index is 0.0957. The van der Waals surface area contributed by atoms with Crippen LogP contribution in [0.25, 0.3) is 0 Å². The summed E-state index contributed by atoms with van der Waals surface area (Å²) in [4.78, 5) is 21.6. The van der Waals surface area contributed by atoms with Gasteiger partial charge in [0.15, 0.2) is 0 Å². The van der Waals surface area contributed by atoms with E-state index in [1.807, 2.05) is 0 Å². The third kappa shape index (κ3) is 3.73. The first-order valence-electron chi connectivity index (χ1n) is 5.72. The van der Waals surface area contributed by atoms with Crippen LogP contribution in [-0.2, 0) is 4.74 Å². The fraction of sp³-hybridized carbons (Fsp3) is 0.417. The van der Waals surface area contributed by atoms with Gasteiger partial charge in [-0.05, 0) is 12.1 Å². The predicted octanol–water partition coefficient (Wildman–Crippen LogP) is -0.285. The topological polar surface area (TPSA) is 130 Å². The van der Waals surface area contributed by atoms with Crippen molar-refractivity contribution in [3.05, 3.63) is 39.9 Å². The van der Waals surface area contributed by atoms with E-state index >= 15 is 0 Å². The zero-order valence-corrected chi connectivity index (χ0v) is 10.6. The largest absolute Gasteiger partial charge is 0.461 e. The normalized spacial score (nSPS) is 11.2. The Balaban J connectivity index is 2.69. The molecule has 0 aliphatic heterocycles. The Morgan fingerprint density at radius 2 is 1.65 bits per heavy atom. The molecule has 0 aliphatic rings. The van der Waals surface area contributed by atoms with Gasteiger partial charge in [-0.25, -0.2) is 4.79 Å². The van der Waals surface area contributed by atoms with Gasteiger partial charge in [-0.15, -0.1) is 0 Å². The van der Waals surface area contributed by atoms with E-state index in [2.05, 4.69) is 0 Å². The molecule has 8 heteroatoms. The van der Waals surface area contributed by atoms with Crippen LogP contribution in [0.4, 0.5) is 5.69 Å². The van der Waals surface area contributed by atoms with Crippen LogP contribution < -0.4 is 0 Å². The third-order valence-corrected chi connectivity index (χ3v) is 2.83. The number of nitrogens with zero attached hydrogens (tertiary/aromatic N) is 1. The highest BCUT2D eigenvalue weighted by molar-refractivity contribution is 5.89. The highest BCUT2D eigenvalue weighted by Gasteiger charge is 2.30.